The van der Waals surface area contributed by atoms with E-state index in [2.05, 4.69) is 45.4 Å². The highest BCUT2D eigenvalue weighted by atomic mass is 16.5. The van der Waals surface area contributed by atoms with Crippen molar-refractivity contribution in [3.8, 4) is 0 Å². The van der Waals surface area contributed by atoms with Crippen LogP contribution < -0.4 is 15.1 Å². The highest BCUT2D eigenvalue weighted by Gasteiger charge is 2.19. The van der Waals surface area contributed by atoms with Crippen LogP contribution in [0.25, 0.3) is 0 Å². The first-order valence-electron chi connectivity index (χ1n) is 10.8. The second kappa shape index (κ2) is 9.49. The lowest BCUT2D eigenvalue weighted by Gasteiger charge is -2.30. The Hall–Kier alpha value is -2.57. The van der Waals surface area contributed by atoms with Crippen LogP contribution in [0.1, 0.15) is 34.5 Å². The summed E-state index contributed by atoms with van der Waals surface area (Å²) < 4.78 is 10.9. The number of hydrogen-bond acceptors (Lipinski definition) is 5. The molecule has 1 N–H and O–H groups in total. The summed E-state index contributed by atoms with van der Waals surface area (Å²) in [5, 5.41) is 3.17. The largest absolute Gasteiger partial charge is 0.378 e. The van der Waals surface area contributed by atoms with Gasteiger partial charge < -0.3 is 24.6 Å². The summed E-state index contributed by atoms with van der Waals surface area (Å²) in [5.74, 6) is -0.0348. The third kappa shape index (κ3) is 4.60. The normalized spacial score (nSPS) is 18.2. The van der Waals surface area contributed by atoms with E-state index in [9.17, 15) is 4.79 Å². The first-order chi connectivity index (χ1) is 14.6. The van der Waals surface area contributed by atoms with Crippen molar-refractivity contribution in [2.75, 3.05) is 62.4 Å². The number of anilines is 2. The number of nitrogens with one attached hydrogen (secondary N) is 1. The summed E-state index contributed by atoms with van der Waals surface area (Å²) in [5.41, 5.74) is 5.17. The Bertz CT molecular complexity index is 856. The molecule has 0 aliphatic carbocycles. The molecule has 1 unspecified atom stereocenters. The third-order valence-corrected chi connectivity index (χ3v) is 6.02. The van der Waals surface area contributed by atoms with E-state index in [1.807, 2.05) is 26.0 Å². The molecule has 2 fully saturated rings. The first-order valence-corrected chi connectivity index (χ1v) is 10.8. The summed E-state index contributed by atoms with van der Waals surface area (Å²) in [6, 6.07) is 14.4. The predicted octanol–water partition coefficient (Wildman–Crippen LogP) is 3.16. The molecule has 2 aliphatic rings. The molecule has 6 nitrogen and oxygen atoms in total. The zero-order chi connectivity index (χ0) is 20.9. The Morgan fingerprint density at radius 2 is 1.50 bits per heavy atom. The second-order valence-electron chi connectivity index (χ2n) is 7.94. The molecule has 6 heteroatoms. The molecule has 0 bridgehead atoms. The van der Waals surface area contributed by atoms with Gasteiger partial charge in [-0.2, -0.15) is 0 Å². The molecule has 2 aromatic rings. The van der Waals surface area contributed by atoms with E-state index in [1.54, 1.807) is 0 Å². The van der Waals surface area contributed by atoms with Crippen molar-refractivity contribution in [3.05, 3.63) is 59.2 Å². The molecule has 4 rings (SSSR count). The standard InChI is InChI=1S/C24H31N3O3/c1-18-22(4-3-5-23(18)27-12-16-30-17-13-27)24(28)25-19(2)20-6-8-21(9-7-20)26-10-14-29-15-11-26/h3-9,19H,10-17H2,1-2H3,(H,25,28). The van der Waals surface area contributed by atoms with Crippen LogP contribution in [-0.4, -0.2) is 58.5 Å². The fourth-order valence-electron chi connectivity index (χ4n) is 4.17. The Kier molecular flexibility index (Phi) is 6.55. The number of rotatable bonds is 5. The second-order valence-corrected chi connectivity index (χ2v) is 7.94. The van der Waals surface area contributed by atoms with Crippen LogP contribution in [0.15, 0.2) is 42.5 Å². The molecule has 160 valence electrons. The summed E-state index contributed by atoms with van der Waals surface area (Å²) in [6.07, 6.45) is 0. The summed E-state index contributed by atoms with van der Waals surface area (Å²) >= 11 is 0. The van der Waals surface area contributed by atoms with Gasteiger partial charge in [-0.1, -0.05) is 18.2 Å². The minimum absolute atomic E-state index is 0.0348. The van der Waals surface area contributed by atoms with Gasteiger partial charge in [0.2, 0.25) is 0 Å². The maximum Gasteiger partial charge on any atom is 0.252 e. The molecule has 30 heavy (non-hydrogen) atoms. The van der Waals surface area contributed by atoms with Gasteiger partial charge in [-0.25, -0.2) is 0 Å². The van der Waals surface area contributed by atoms with Crippen LogP contribution in [0.5, 0.6) is 0 Å². The molecule has 0 radical (unpaired) electrons. The van der Waals surface area contributed by atoms with Crippen molar-refractivity contribution in [2.24, 2.45) is 0 Å². The van der Waals surface area contributed by atoms with E-state index < -0.39 is 0 Å². The molecule has 2 saturated heterocycles. The van der Waals surface area contributed by atoms with Crippen molar-refractivity contribution >= 4 is 17.3 Å². The van der Waals surface area contributed by atoms with Crippen LogP contribution in [0, 0.1) is 6.92 Å². The third-order valence-electron chi connectivity index (χ3n) is 6.02. The van der Waals surface area contributed by atoms with Gasteiger partial charge >= 0.3 is 0 Å². The molecule has 2 heterocycles. The Labute approximate surface area is 178 Å². The molecule has 2 aliphatic heterocycles. The van der Waals surface area contributed by atoms with Crippen LogP contribution in [0.2, 0.25) is 0 Å². The minimum Gasteiger partial charge on any atom is -0.378 e. The van der Waals surface area contributed by atoms with Gasteiger partial charge in [-0.05, 0) is 49.2 Å². The number of nitrogens with zero attached hydrogens (tertiary/aromatic N) is 2. The Balaban J connectivity index is 1.43. The average Bonchev–Trinajstić information content (AvgIpc) is 2.80. The molecular weight excluding hydrogens is 378 g/mol. The summed E-state index contributed by atoms with van der Waals surface area (Å²) in [6.45, 7) is 10.6. The maximum atomic E-state index is 13.0. The van der Waals surface area contributed by atoms with Gasteiger partial charge in [-0.15, -0.1) is 0 Å². The average molecular weight is 410 g/mol. The molecule has 2 aromatic carbocycles. The quantitative estimate of drug-likeness (QED) is 0.822. The fourth-order valence-corrected chi connectivity index (χ4v) is 4.17. The topological polar surface area (TPSA) is 54.0 Å². The van der Waals surface area contributed by atoms with Crippen molar-refractivity contribution in [2.45, 2.75) is 19.9 Å². The van der Waals surface area contributed by atoms with E-state index >= 15 is 0 Å². The molecule has 0 spiro atoms. The van der Waals surface area contributed by atoms with Crippen LogP contribution in [0.3, 0.4) is 0 Å². The predicted molar refractivity (Wildman–Crippen MR) is 120 cm³/mol. The SMILES string of the molecule is Cc1c(C(=O)NC(C)c2ccc(N3CCOCC3)cc2)cccc1N1CCOCC1. The van der Waals surface area contributed by atoms with Gasteiger partial charge in [0.25, 0.3) is 5.91 Å². The van der Waals surface area contributed by atoms with Crippen molar-refractivity contribution < 1.29 is 14.3 Å². The van der Waals surface area contributed by atoms with E-state index in [4.69, 9.17) is 9.47 Å². The Morgan fingerprint density at radius 1 is 0.900 bits per heavy atom. The number of ether oxygens (including phenoxy) is 2. The number of hydrogen-bond donors (Lipinski definition) is 1. The van der Waals surface area contributed by atoms with Crippen LogP contribution >= 0.6 is 0 Å². The zero-order valence-corrected chi connectivity index (χ0v) is 17.9. The smallest absolute Gasteiger partial charge is 0.252 e. The number of carbonyl (C=O) groups is 1. The maximum absolute atomic E-state index is 13.0. The van der Waals surface area contributed by atoms with Gasteiger partial charge in [0.1, 0.15) is 0 Å². The van der Waals surface area contributed by atoms with Crippen molar-refractivity contribution in [1.29, 1.82) is 0 Å². The van der Waals surface area contributed by atoms with E-state index in [1.165, 1.54) is 5.69 Å². The van der Waals surface area contributed by atoms with Gasteiger partial charge in [0, 0.05) is 43.1 Å². The molecule has 1 atom stereocenters. The van der Waals surface area contributed by atoms with Crippen LogP contribution in [0.4, 0.5) is 11.4 Å². The molecule has 1 amide bonds. The number of morpholine rings is 2. The fraction of sp³-hybridized carbons (Fsp3) is 0.458. The van der Waals surface area contributed by atoms with Gasteiger partial charge in [-0.3, -0.25) is 4.79 Å². The van der Waals surface area contributed by atoms with Crippen molar-refractivity contribution in [1.82, 2.24) is 5.32 Å². The lowest BCUT2D eigenvalue weighted by Crippen LogP contribution is -2.37. The van der Waals surface area contributed by atoms with Gasteiger partial charge in [0.15, 0.2) is 0 Å². The molecular formula is C24H31N3O3. The van der Waals surface area contributed by atoms with Crippen LogP contribution in [-0.2, 0) is 9.47 Å². The van der Waals surface area contributed by atoms with E-state index in [0.717, 1.165) is 75.0 Å². The molecule has 0 aromatic heterocycles. The van der Waals surface area contributed by atoms with Crippen molar-refractivity contribution in [3.63, 3.8) is 0 Å². The summed E-state index contributed by atoms with van der Waals surface area (Å²) in [7, 11) is 0. The lowest BCUT2D eigenvalue weighted by atomic mass is 10.0. The number of carbonyl (C=O) groups excluding carboxylic acids is 1. The monoisotopic (exact) mass is 409 g/mol. The molecule has 0 saturated carbocycles. The minimum atomic E-state index is -0.0670. The number of benzene rings is 2. The first kappa shape index (κ1) is 20.7. The zero-order valence-electron chi connectivity index (χ0n) is 17.9. The highest BCUT2D eigenvalue weighted by Crippen LogP contribution is 2.25. The Morgan fingerprint density at radius 3 is 2.13 bits per heavy atom. The highest BCUT2D eigenvalue weighted by molar-refractivity contribution is 5.97. The van der Waals surface area contributed by atoms with E-state index in [-0.39, 0.29) is 11.9 Å². The van der Waals surface area contributed by atoms with E-state index in [0.29, 0.717) is 0 Å². The lowest BCUT2D eigenvalue weighted by molar-refractivity contribution is 0.0939. The summed E-state index contributed by atoms with van der Waals surface area (Å²) in [4.78, 5) is 17.6. The van der Waals surface area contributed by atoms with Gasteiger partial charge in [0.05, 0.1) is 32.5 Å². The number of amides is 1.